The van der Waals surface area contributed by atoms with E-state index in [9.17, 15) is 14.4 Å². The second kappa shape index (κ2) is 7.86. The van der Waals surface area contributed by atoms with Crippen molar-refractivity contribution in [2.24, 2.45) is 7.05 Å². The number of ether oxygens (including phenoxy) is 2. The molecule has 2 aromatic heterocycles. The molecule has 0 fully saturated rings. The van der Waals surface area contributed by atoms with E-state index >= 15 is 0 Å². The molecule has 1 amide bonds. The topological polar surface area (TPSA) is 107 Å². The Morgan fingerprint density at radius 2 is 1.77 bits per heavy atom. The quantitative estimate of drug-likeness (QED) is 0.515. The number of carbonyl (C=O) groups is 1. The number of benzene rings is 2. The first-order chi connectivity index (χ1) is 14.9. The predicted octanol–water partition coefficient (Wildman–Crippen LogP) is 2.29. The first-order valence-corrected chi connectivity index (χ1v) is 9.37. The molecular weight excluding hydrogens is 400 g/mol. The Balaban J connectivity index is 1.82. The summed E-state index contributed by atoms with van der Waals surface area (Å²) < 4.78 is 13.0. The molecule has 158 valence electrons. The number of aromatic amines is 1. The van der Waals surface area contributed by atoms with Gasteiger partial charge < -0.3 is 24.3 Å². The number of hydrogen-bond donors (Lipinski definition) is 2. The number of amides is 1. The van der Waals surface area contributed by atoms with E-state index < -0.39 is 17.2 Å². The van der Waals surface area contributed by atoms with Crippen molar-refractivity contribution in [3.63, 3.8) is 0 Å². The molecule has 9 heteroatoms. The highest BCUT2D eigenvalue weighted by Crippen LogP contribution is 2.29. The molecule has 2 aromatic carbocycles. The maximum atomic E-state index is 13.1. The third kappa shape index (κ3) is 3.46. The zero-order valence-electron chi connectivity index (χ0n) is 17.1. The molecule has 0 aliphatic rings. The summed E-state index contributed by atoms with van der Waals surface area (Å²) in [5.41, 5.74) is 0.174. The fourth-order valence-electron chi connectivity index (χ4n) is 3.46. The van der Waals surface area contributed by atoms with Crippen LogP contribution in [0.15, 0.2) is 64.3 Å². The number of aromatic nitrogens is 3. The van der Waals surface area contributed by atoms with Crippen molar-refractivity contribution in [1.29, 1.82) is 0 Å². The molecule has 0 aliphatic carbocycles. The molecular formula is C22H20N4O5. The summed E-state index contributed by atoms with van der Waals surface area (Å²) in [5.74, 6) is 0.465. The van der Waals surface area contributed by atoms with Gasteiger partial charge in [-0.25, -0.2) is 9.36 Å². The minimum atomic E-state index is -0.636. The van der Waals surface area contributed by atoms with Crippen molar-refractivity contribution in [3.8, 4) is 17.2 Å². The van der Waals surface area contributed by atoms with Crippen LogP contribution >= 0.6 is 0 Å². The third-order valence-corrected chi connectivity index (χ3v) is 4.94. The highest BCUT2D eigenvalue weighted by molar-refractivity contribution is 6.12. The van der Waals surface area contributed by atoms with E-state index in [1.54, 1.807) is 55.6 Å². The summed E-state index contributed by atoms with van der Waals surface area (Å²) in [5, 5.41) is 2.76. The minimum absolute atomic E-state index is 0.150. The monoisotopic (exact) mass is 420 g/mol. The molecule has 0 spiro atoms. The van der Waals surface area contributed by atoms with Crippen LogP contribution < -0.4 is 26.0 Å². The third-order valence-electron chi connectivity index (χ3n) is 4.94. The molecule has 2 N–H and O–H groups in total. The fourth-order valence-corrected chi connectivity index (χ4v) is 3.46. The Bertz CT molecular complexity index is 1400. The van der Waals surface area contributed by atoms with Crippen LogP contribution in [-0.2, 0) is 7.05 Å². The molecule has 0 unspecified atom stereocenters. The van der Waals surface area contributed by atoms with Crippen molar-refractivity contribution >= 4 is 22.6 Å². The minimum Gasteiger partial charge on any atom is -0.497 e. The van der Waals surface area contributed by atoms with Gasteiger partial charge in [-0.1, -0.05) is 18.2 Å². The van der Waals surface area contributed by atoms with Gasteiger partial charge in [-0.2, -0.15) is 0 Å². The second-order valence-electron chi connectivity index (χ2n) is 6.80. The molecule has 0 radical (unpaired) electrons. The number of nitrogens with zero attached hydrogens (tertiary/aromatic N) is 2. The van der Waals surface area contributed by atoms with Gasteiger partial charge in [0.2, 0.25) is 0 Å². The van der Waals surface area contributed by atoms with Gasteiger partial charge in [-0.15, -0.1) is 0 Å². The van der Waals surface area contributed by atoms with Crippen LogP contribution in [0.1, 0.15) is 10.4 Å². The number of hydrogen-bond acceptors (Lipinski definition) is 5. The molecule has 0 saturated heterocycles. The number of para-hydroxylation sites is 1. The summed E-state index contributed by atoms with van der Waals surface area (Å²) >= 11 is 0. The molecule has 0 atom stereocenters. The van der Waals surface area contributed by atoms with E-state index in [0.717, 1.165) is 4.57 Å². The SMILES string of the molecule is COc1ccc(OC)c(NC(=O)c2cn(C)c3c(=O)n(-c4ccccc4)c(=O)[nH]c23)c1. The lowest BCUT2D eigenvalue weighted by Crippen LogP contribution is -2.34. The van der Waals surface area contributed by atoms with Crippen molar-refractivity contribution < 1.29 is 14.3 Å². The Hall–Kier alpha value is -4.27. The van der Waals surface area contributed by atoms with E-state index in [4.69, 9.17) is 9.47 Å². The fraction of sp³-hybridized carbons (Fsp3) is 0.136. The van der Waals surface area contributed by atoms with Crippen LogP contribution in [-0.4, -0.2) is 34.2 Å². The lowest BCUT2D eigenvalue weighted by atomic mass is 10.2. The second-order valence-corrected chi connectivity index (χ2v) is 6.80. The number of aryl methyl sites for hydroxylation is 1. The number of H-pyrrole nitrogens is 1. The molecule has 4 rings (SSSR count). The van der Waals surface area contributed by atoms with E-state index in [2.05, 4.69) is 10.3 Å². The number of rotatable bonds is 5. The molecule has 0 bridgehead atoms. The van der Waals surface area contributed by atoms with Crippen LogP contribution in [0.2, 0.25) is 0 Å². The van der Waals surface area contributed by atoms with Crippen molar-refractivity contribution in [2.45, 2.75) is 0 Å². The Morgan fingerprint density at radius 3 is 2.45 bits per heavy atom. The Morgan fingerprint density at radius 1 is 1.03 bits per heavy atom. The lowest BCUT2D eigenvalue weighted by molar-refractivity contribution is 0.102. The van der Waals surface area contributed by atoms with E-state index in [1.165, 1.54) is 25.0 Å². The zero-order valence-corrected chi connectivity index (χ0v) is 17.1. The standard InChI is InChI=1S/C22H20N4O5/c1-25-12-15(20(27)23-16-11-14(30-2)9-10-17(16)31-3)18-19(25)21(28)26(22(29)24-18)13-7-5-4-6-8-13/h4-12H,1-3H3,(H,23,27)(H,24,29). The lowest BCUT2D eigenvalue weighted by Gasteiger charge is -2.11. The highest BCUT2D eigenvalue weighted by Gasteiger charge is 2.21. The van der Waals surface area contributed by atoms with Crippen LogP contribution in [0.5, 0.6) is 11.5 Å². The number of anilines is 1. The maximum Gasteiger partial charge on any atom is 0.333 e. The van der Waals surface area contributed by atoms with Crippen LogP contribution in [0.3, 0.4) is 0 Å². The molecule has 0 aliphatic heterocycles. The molecule has 31 heavy (non-hydrogen) atoms. The number of carbonyl (C=O) groups excluding carboxylic acids is 1. The van der Waals surface area contributed by atoms with Crippen molar-refractivity contribution in [3.05, 3.63) is 81.1 Å². The highest BCUT2D eigenvalue weighted by atomic mass is 16.5. The van der Waals surface area contributed by atoms with Crippen LogP contribution in [0, 0.1) is 0 Å². The molecule has 4 aromatic rings. The first-order valence-electron chi connectivity index (χ1n) is 9.37. The summed E-state index contributed by atoms with van der Waals surface area (Å²) in [6.45, 7) is 0. The smallest absolute Gasteiger partial charge is 0.333 e. The summed E-state index contributed by atoms with van der Waals surface area (Å²) in [4.78, 5) is 41.5. The summed E-state index contributed by atoms with van der Waals surface area (Å²) in [6, 6.07) is 13.6. The van der Waals surface area contributed by atoms with Gasteiger partial charge in [-0.05, 0) is 24.3 Å². The van der Waals surface area contributed by atoms with Gasteiger partial charge in [0.05, 0.1) is 36.7 Å². The van der Waals surface area contributed by atoms with E-state index in [-0.39, 0.29) is 16.6 Å². The van der Waals surface area contributed by atoms with Crippen LogP contribution in [0.25, 0.3) is 16.7 Å². The first kappa shape index (κ1) is 20.0. The number of methoxy groups -OCH3 is 2. The van der Waals surface area contributed by atoms with E-state index in [1.807, 2.05) is 0 Å². The maximum absolute atomic E-state index is 13.1. The molecule has 0 saturated carbocycles. The summed E-state index contributed by atoms with van der Waals surface area (Å²) in [6.07, 6.45) is 1.50. The van der Waals surface area contributed by atoms with Gasteiger partial charge in [0.25, 0.3) is 11.5 Å². The largest absolute Gasteiger partial charge is 0.497 e. The van der Waals surface area contributed by atoms with Gasteiger partial charge in [-0.3, -0.25) is 9.59 Å². The zero-order chi connectivity index (χ0) is 22.1. The molecule has 9 nitrogen and oxygen atoms in total. The van der Waals surface area contributed by atoms with E-state index in [0.29, 0.717) is 22.9 Å². The van der Waals surface area contributed by atoms with Gasteiger partial charge in [0.1, 0.15) is 17.0 Å². The van der Waals surface area contributed by atoms with Gasteiger partial charge >= 0.3 is 5.69 Å². The van der Waals surface area contributed by atoms with Crippen molar-refractivity contribution in [2.75, 3.05) is 19.5 Å². The molecule has 2 heterocycles. The number of nitrogens with one attached hydrogen (secondary N) is 2. The van der Waals surface area contributed by atoms with Gasteiger partial charge in [0, 0.05) is 19.3 Å². The Labute approximate surface area is 176 Å². The summed E-state index contributed by atoms with van der Waals surface area (Å²) in [7, 11) is 4.64. The normalized spacial score (nSPS) is 10.8. The number of fused-ring (bicyclic) bond motifs is 1. The van der Waals surface area contributed by atoms with Crippen molar-refractivity contribution in [1.82, 2.24) is 14.1 Å². The van der Waals surface area contributed by atoms with Gasteiger partial charge in [0.15, 0.2) is 0 Å². The average molecular weight is 420 g/mol. The average Bonchev–Trinajstić information content (AvgIpc) is 3.10. The predicted molar refractivity (Wildman–Crippen MR) is 117 cm³/mol. The Kier molecular flexibility index (Phi) is 5.08. The van der Waals surface area contributed by atoms with Crippen LogP contribution in [0.4, 0.5) is 5.69 Å².